The van der Waals surface area contributed by atoms with Crippen LogP contribution in [-0.2, 0) is 6.54 Å². The fourth-order valence-electron chi connectivity index (χ4n) is 2.65. The van der Waals surface area contributed by atoms with Crippen molar-refractivity contribution in [3.8, 4) is 5.75 Å². The van der Waals surface area contributed by atoms with Crippen LogP contribution in [0, 0.1) is 0 Å². The van der Waals surface area contributed by atoms with Gasteiger partial charge in [0, 0.05) is 17.9 Å². The average Bonchev–Trinajstić information content (AvgIpc) is 2.64. The standard InChI is InChI=1S/C15H19BrF3NO/c16-10-13-4-2-1-3-9-20(13)11-12-5-7-14(8-6-12)21-15(17,18)19/h5-8,13H,1-4,9-11H2. The van der Waals surface area contributed by atoms with Crippen molar-refractivity contribution in [3.63, 3.8) is 0 Å². The van der Waals surface area contributed by atoms with Crippen molar-refractivity contribution in [1.82, 2.24) is 4.90 Å². The second-order valence-corrected chi connectivity index (χ2v) is 5.97. The van der Waals surface area contributed by atoms with Gasteiger partial charge in [-0.2, -0.15) is 0 Å². The van der Waals surface area contributed by atoms with Gasteiger partial charge in [-0.15, -0.1) is 13.2 Å². The van der Waals surface area contributed by atoms with Crippen molar-refractivity contribution in [2.45, 2.75) is 44.6 Å². The Kier molecular flexibility index (Phi) is 5.93. The van der Waals surface area contributed by atoms with Crippen LogP contribution >= 0.6 is 15.9 Å². The summed E-state index contributed by atoms with van der Waals surface area (Å²) in [6.07, 6.45) is 0.205. The lowest BCUT2D eigenvalue weighted by Crippen LogP contribution is -2.35. The maximum atomic E-state index is 12.1. The molecule has 0 N–H and O–H groups in total. The van der Waals surface area contributed by atoms with Crippen molar-refractivity contribution in [1.29, 1.82) is 0 Å². The Morgan fingerprint density at radius 1 is 1.14 bits per heavy atom. The van der Waals surface area contributed by atoms with Gasteiger partial charge in [0.05, 0.1) is 0 Å². The molecule has 0 aromatic heterocycles. The van der Waals surface area contributed by atoms with E-state index in [4.69, 9.17) is 0 Å². The molecule has 0 saturated carbocycles. The second kappa shape index (κ2) is 7.49. The summed E-state index contributed by atoms with van der Waals surface area (Å²) >= 11 is 3.56. The fraction of sp³-hybridized carbons (Fsp3) is 0.600. The minimum absolute atomic E-state index is 0.167. The van der Waals surface area contributed by atoms with Crippen molar-refractivity contribution < 1.29 is 17.9 Å². The molecule has 2 nitrogen and oxygen atoms in total. The molecular weight excluding hydrogens is 347 g/mol. The molecule has 0 spiro atoms. The van der Waals surface area contributed by atoms with E-state index in [9.17, 15) is 13.2 Å². The lowest BCUT2D eigenvalue weighted by molar-refractivity contribution is -0.274. The third-order valence-corrected chi connectivity index (χ3v) is 4.47. The minimum atomic E-state index is -4.63. The molecular formula is C15H19BrF3NO. The molecule has 1 aliphatic heterocycles. The molecule has 6 heteroatoms. The van der Waals surface area contributed by atoms with Gasteiger partial charge < -0.3 is 4.74 Å². The lowest BCUT2D eigenvalue weighted by Gasteiger charge is -2.28. The summed E-state index contributed by atoms with van der Waals surface area (Å²) in [4.78, 5) is 2.40. The summed E-state index contributed by atoms with van der Waals surface area (Å²) in [5.74, 6) is -0.167. The van der Waals surface area contributed by atoms with E-state index in [0.29, 0.717) is 6.04 Å². The van der Waals surface area contributed by atoms with Crippen molar-refractivity contribution in [2.75, 3.05) is 11.9 Å². The zero-order chi connectivity index (χ0) is 15.3. The molecule has 1 aromatic rings. The molecule has 118 valence electrons. The van der Waals surface area contributed by atoms with Crippen molar-refractivity contribution in [3.05, 3.63) is 29.8 Å². The van der Waals surface area contributed by atoms with E-state index in [-0.39, 0.29) is 5.75 Å². The predicted molar refractivity (Wildman–Crippen MR) is 79.6 cm³/mol. The largest absolute Gasteiger partial charge is 0.573 e. The number of hydrogen-bond acceptors (Lipinski definition) is 2. The first-order valence-electron chi connectivity index (χ1n) is 7.12. The molecule has 1 fully saturated rings. The molecule has 1 saturated heterocycles. The molecule has 1 atom stereocenters. The Labute approximate surface area is 131 Å². The van der Waals surface area contributed by atoms with Crippen LogP contribution in [0.1, 0.15) is 31.2 Å². The van der Waals surface area contributed by atoms with Gasteiger partial charge >= 0.3 is 6.36 Å². The number of benzene rings is 1. The van der Waals surface area contributed by atoms with E-state index in [1.54, 1.807) is 12.1 Å². The van der Waals surface area contributed by atoms with Gasteiger partial charge in [0.2, 0.25) is 0 Å². The number of halogens is 4. The first kappa shape index (κ1) is 16.6. The number of likely N-dealkylation sites (tertiary alicyclic amines) is 1. The third kappa shape index (κ3) is 5.51. The summed E-state index contributed by atoms with van der Waals surface area (Å²) in [6, 6.07) is 6.67. The van der Waals surface area contributed by atoms with Crippen LogP contribution in [0.5, 0.6) is 5.75 Å². The van der Waals surface area contributed by atoms with Crippen LogP contribution in [-0.4, -0.2) is 29.2 Å². The minimum Gasteiger partial charge on any atom is -0.406 e. The van der Waals surface area contributed by atoms with Crippen LogP contribution in [0.2, 0.25) is 0 Å². The van der Waals surface area contributed by atoms with Crippen LogP contribution in [0.4, 0.5) is 13.2 Å². The van der Waals surface area contributed by atoms with E-state index in [1.165, 1.54) is 37.8 Å². The monoisotopic (exact) mass is 365 g/mol. The maximum Gasteiger partial charge on any atom is 0.573 e. The zero-order valence-electron chi connectivity index (χ0n) is 11.7. The fourth-order valence-corrected chi connectivity index (χ4v) is 3.38. The molecule has 2 rings (SSSR count). The quantitative estimate of drug-likeness (QED) is 0.715. The first-order chi connectivity index (χ1) is 9.98. The molecule has 21 heavy (non-hydrogen) atoms. The van der Waals surface area contributed by atoms with E-state index in [1.807, 2.05) is 0 Å². The van der Waals surface area contributed by atoms with Gasteiger partial charge in [0.15, 0.2) is 0 Å². The van der Waals surface area contributed by atoms with E-state index in [0.717, 1.165) is 24.0 Å². The number of nitrogens with zero attached hydrogens (tertiary/aromatic N) is 1. The molecule has 0 radical (unpaired) electrons. The number of alkyl halides is 4. The highest BCUT2D eigenvalue weighted by Crippen LogP contribution is 2.24. The third-order valence-electron chi connectivity index (χ3n) is 3.72. The zero-order valence-corrected chi connectivity index (χ0v) is 13.3. The summed E-state index contributed by atoms with van der Waals surface area (Å²) in [6.45, 7) is 1.81. The topological polar surface area (TPSA) is 12.5 Å². The first-order valence-corrected chi connectivity index (χ1v) is 8.25. The Morgan fingerprint density at radius 2 is 1.86 bits per heavy atom. The lowest BCUT2D eigenvalue weighted by atomic mass is 10.1. The normalized spacial score (nSPS) is 21.0. The Hall–Kier alpha value is -0.750. The summed E-state index contributed by atoms with van der Waals surface area (Å²) < 4.78 is 40.3. The summed E-state index contributed by atoms with van der Waals surface area (Å²) in [7, 11) is 0. The Bertz CT molecular complexity index is 436. The van der Waals surface area contributed by atoms with Crippen LogP contribution in [0.15, 0.2) is 24.3 Å². The smallest absolute Gasteiger partial charge is 0.406 e. The molecule has 1 heterocycles. The van der Waals surface area contributed by atoms with Gasteiger partial charge in [0.25, 0.3) is 0 Å². The molecule has 1 aromatic carbocycles. The van der Waals surface area contributed by atoms with Gasteiger partial charge in [-0.05, 0) is 37.1 Å². The van der Waals surface area contributed by atoms with E-state index < -0.39 is 6.36 Å². The molecule has 0 bridgehead atoms. The summed E-state index contributed by atoms with van der Waals surface area (Å²) in [5, 5.41) is 0.933. The molecule has 0 amide bonds. The highest BCUT2D eigenvalue weighted by Gasteiger charge is 2.31. The highest BCUT2D eigenvalue weighted by molar-refractivity contribution is 9.09. The van der Waals surface area contributed by atoms with E-state index >= 15 is 0 Å². The van der Waals surface area contributed by atoms with Crippen molar-refractivity contribution in [2.24, 2.45) is 0 Å². The van der Waals surface area contributed by atoms with Crippen LogP contribution < -0.4 is 4.74 Å². The number of ether oxygens (including phenoxy) is 1. The van der Waals surface area contributed by atoms with Gasteiger partial charge in [-0.1, -0.05) is 40.9 Å². The predicted octanol–water partition coefficient (Wildman–Crippen LogP) is 4.72. The number of rotatable bonds is 4. The second-order valence-electron chi connectivity index (χ2n) is 5.32. The SMILES string of the molecule is FC(F)(F)Oc1ccc(CN2CCCCCC2CBr)cc1. The van der Waals surface area contributed by atoms with Gasteiger partial charge in [0.1, 0.15) is 5.75 Å². The Morgan fingerprint density at radius 3 is 2.48 bits per heavy atom. The Balaban J connectivity index is 1.98. The van der Waals surface area contributed by atoms with E-state index in [2.05, 4.69) is 25.6 Å². The van der Waals surface area contributed by atoms with Crippen LogP contribution in [0.3, 0.4) is 0 Å². The molecule has 0 aliphatic carbocycles. The maximum absolute atomic E-state index is 12.1. The average molecular weight is 366 g/mol. The molecule has 1 aliphatic rings. The molecule has 1 unspecified atom stereocenters. The van der Waals surface area contributed by atoms with Gasteiger partial charge in [-0.3, -0.25) is 4.90 Å². The van der Waals surface area contributed by atoms with Crippen molar-refractivity contribution >= 4 is 15.9 Å². The number of hydrogen-bond donors (Lipinski definition) is 0. The van der Waals surface area contributed by atoms with Crippen LogP contribution in [0.25, 0.3) is 0 Å². The highest BCUT2D eigenvalue weighted by atomic mass is 79.9. The summed E-state index contributed by atoms with van der Waals surface area (Å²) in [5.41, 5.74) is 1.01. The van der Waals surface area contributed by atoms with Gasteiger partial charge in [-0.25, -0.2) is 0 Å².